The van der Waals surface area contributed by atoms with Crippen LogP contribution >= 0.6 is 0 Å². The maximum absolute atomic E-state index is 13.6. The number of nitrogens with one attached hydrogen (secondary N) is 9. The van der Waals surface area contributed by atoms with Gasteiger partial charge in [-0.3, -0.25) is 35.4 Å². The Morgan fingerprint density at radius 2 is 1.26 bits per heavy atom. The highest BCUT2D eigenvalue weighted by Crippen LogP contribution is 2.09. The number of carbonyl (C=O) groups excluding carboxylic acids is 4. The van der Waals surface area contributed by atoms with Gasteiger partial charge in [-0.25, -0.2) is 0 Å². The van der Waals surface area contributed by atoms with E-state index < -0.39 is 35.8 Å². The molecule has 16 heteroatoms. The van der Waals surface area contributed by atoms with E-state index in [2.05, 4.69) is 31.9 Å². The Labute approximate surface area is 277 Å². The number of benzene rings is 1. The normalized spacial score (nSPS) is 12.6. The monoisotopic (exact) mass is 658 g/mol. The summed E-state index contributed by atoms with van der Waals surface area (Å²) in [5.74, 6) is -2.65. The summed E-state index contributed by atoms with van der Waals surface area (Å²) in [6.45, 7) is 6.35. The lowest BCUT2D eigenvalue weighted by Gasteiger charge is -2.27. The van der Waals surface area contributed by atoms with Gasteiger partial charge in [-0.15, -0.1) is 0 Å². The van der Waals surface area contributed by atoms with Crippen LogP contribution in [0, 0.1) is 22.1 Å². The number of amides is 4. The summed E-state index contributed by atoms with van der Waals surface area (Å²) in [7, 11) is 0. The molecule has 0 fully saturated rings. The van der Waals surface area contributed by atoms with Crippen LogP contribution in [0.15, 0.2) is 24.3 Å². The van der Waals surface area contributed by atoms with Crippen LogP contribution in [0.4, 0.5) is 0 Å². The van der Waals surface area contributed by atoms with Crippen molar-refractivity contribution in [1.29, 1.82) is 16.2 Å². The van der Waals surface area contributed by atoms with Crippen LogP contribution in [0.2, 0.25) is 0 Å². The molecule has 1 unspecified atom stereocenters. The summed E-state index contributed by atoms with van der Waals surface area (Å²) in [5.41, 5.74) is 17.5. The van der Waals surface area contributed by atoms with Gasteiger partial charge >= 0.3 is 0 Å². The maximum Gasteiger partial charge on any atom is 0.243 e. The third-order valence-corrected chi connectivity index (χ3v) is 7.24. The number of unbranched alkanes of at least 4 members (excludes halogenated alkanes) is 2. The molecule has 3 atom stereocenters. The first-order chi connectivity index (χ1) is 22.2. The lowest BCUT2D eigenvalue weighted by Crippen LogP contribution is -2.58. The molecule has 0 saturated heterocycles. The second kappa shape index (κ2) is 21.8. The Balaban J connectivity index is 3.03. The predicted molar refractivity (Wildman–Crippen MR) is 182 cm³/mol. The van der Waals surface area contributed by atoms with Gasteiger partial charge in [0.25, 0.3) is 0 Å². The molecular weight excluding hydrogens is 604 g/mol. The van der Waals surface area contributed by atoms with Gasteiger partial charge < -0.3 is 49.1 Å². The molecule has 262 valence electrons. The lowest BCUT2D eigenvalue weighted by molar-refractivity contribution is -0.134. The molecule has 0 aliphatic heterocycles. The van der Waals surface area contributed by atoms with E-state index in [1.807, 2.05) is 6.92 Å². The van der Waals surface area contributed by atoms with E-state index >= 15 is 0 Å². The van der Waals surface area contributed by atoms with Gasteiger partial charge in [-0.2, -0.15) is 0 Å². The summed E-state index contributed by atoms with van der Waals surface area (Å²) in [6, 6.07) is 3.93. The summed E-state index contributed by atoms with van der Waals surface area (Å²) in [5, 5.41) is 38.7. The van der Waals surface area contributed by atoms with Crippen molar-refractivity contribution in [1.82, 2.24) is 31.9 Å². The highest BCUT2D eigenvalue weighted by molar-refractivity contribution is 5.95. The van der Waals surface area contributed by atoms with Crippen molar-refractivity contribution >= 4 is 41.4 Å². The van der Waals surface area contributed by atoms with E-state index in [9.17, 15) is 19.2 Å². The molecule has 0 spiro atoms. The van der Waals surface area contributed by atoms with Gasteiger partial charge in [0.15, 0.2) is 11.9 Å². The standard InChI is InChI=1S/C31H54N12O4/c1-4-5-6-11-24(44)41-23(10-8-17-39-31(36)37)28(46)43-25(19(2)3)29(47)42-22(9-7-16-38-30(34)35)27(45)40-18-20-12-14-21(15-13-20)26(32)33/h12-15,19,22-23,25H,4-11,16-18H2,1-3H3,(H3,32,33)(H,40,45)(H,41,44)(H,42,47)(H,43,46)(H4,34,35,38)(H4,36,37,39)/t22-,23-,25?/m0/s1. The van der Waals surface area contributed by atoms with Crippen molar-refractivity contribution in [2.24, 2.45) is 23.1 Å². The number of amidine groups is 1. The zero-order valence-electron chi connectivity index (χ0n) is 27.8. The molecule has 0 aliphatic rings. The fraction of sp³-hybridized carbons (Fsp3) is 0.581. The quantitative estimate of drug-likeness (QED) is 0.0446. The fourth-order valence-electron chi connectivity index (χ4n) is 4.56. The summed E-state index contributed by atoms with van der Waals surface area (Å²) in [4.78, 5) is 52.9. The summed E-state index contributed by atoms with van der Waals surface area (Å²) >= 11 is 0. The minimum absolute atomic E-state index is 0.0694. The Morgan fingerprint density at radius 3 is 1.74 bits per heavy atom. The smallest absolute Gasteiger partial charge is 0.243 e. The van der Waals surface area contributed by atoms with Crippen LogP contribution in [-0.4, -0.2) is 72.6 Å². The lowest BCUT2D eigenvalue weighted by atomic mass is 10.0. The van der Waals surface area contributed by atoms with Crippen LogP contribution < -0.4 is 49.1 Å². The Hall–Kier alpha value is -4.89. The first-order valence-corrected chi connectivity index (χ1v) is 16.0. The van der Waals surface area contributed by atoms with Crippen molar-refractivity contribution in [2.45, 2.75) is 96.8 Å². The van der Waals surface area contributed by atoms with E-state index in [4.69, 9.17) is 33.4 Å². The van der Waals surface area contributed by atoms with Crippen LogP contribution in [0.1, 0.15) is 83.3 Å². The third-order valence-electron chi connectivity index (χ3n) is 7.24. The van der Waals surface area contributed by atoms with E-state index in [0.717, 1.165) is 18.4 Å². The number of guanidine groups is 2. The number of rotatable bonds is 22. The minimum Gasteiger partial charge on any atom is -0.384 e. The van der Waals surface area contributed by atoms with Gasteiger partial charge in [0.1, 0.15) is 24.0 Å². The Kier molecular flexibility index (Phi) is 18.6. The molecule has 1 aromatic carbocycles. The second-order valence-corrected chi connectivity index (χ2v) is 11.7. The van der Waals surface area contributed by atoms with Crippen LogP contribution in [0.25, 0.3) is 0 Å². The molecule has 15 N–H and O–H groups in total. The zero-order chi connectivity index (χ0) is 35.4. The topological polar surface area (TPSA) is 290 Å². The largest absolute Gasteiger partial charge is 0.384 e. The Bertz CT molecular complexity index is 1210. The van der Waals surface area contributed by atoms with Gasteiger partial charge in [-0.1, -0.05) is 57.9 Å². The van der Waals surface area contributed by atoms with Gasteiger partial charge in [0, 0.05) is 31.6 Å². The first-order valence-electron chi connectivity index (χ1n) is 16.0. The van der Waals surface area contributed by atoms with Crippen molar-refractivity contribution in [3.63, 3.8) is 0 Å². The number of hydrogen-bond acceptors (Lipinski definition) is 7. The van der Waals surface area contributed by atoms with Crippen molar-refractivity contribution in [2.75, 3.05) is 13.1 Å². The van der Waals surface area contributed by atoms with Gasteiger partial charge in [-0.05, 0) is 43.6 Å². The molecule has 0 bridgehead atoms. The Morgan fingerprint density at radius 1 is 0.702 bits per heavy atom. The molecule has 47 heavy (non-hydrogen) atoms. The molecule has 1 rings (SSSR count). The highest BCUT2D eigenvalue weighted by Gasteiger charge is 2.31. The van der Waals surface area contributed by atoms with Gasteiger partial charge in [0.05, 0.1) is 0 Å². The van der Waals surface area contributed by atoms with Crippen molar-refractivity contribution in [3.05, 3.63) is 35.4 Å². The van der Waals surface area contributed by atoms with Crippen molar-refractivity contribution in [3.8, 4) is 0 Å². The summed E-state index contributed by atoms with van der Waals surface area (Å²) < 4.78 is 0. The zero-order valence-corrected chi connectivity index (χ0v) is 27.8. The molecule has 0 saturated carbocycles. The number of nitrogen functional groups attached to an aromatic ring is 1. The maximum atomic E-state index is 13.6. The molecule has 4 amide bonds. The molecule has 0 aliphatic carbocycles. The molecule has 0 aromatic heterocycles. The van der Waals surface area contributed by atoms with Crippen LogP contribution in [-0.2, 0) is 25.7 Å². The average Bonchev–Trinajstić information content (AvgIpc) is 3.01. The van der Waals surface area contributed by atoms with E-state index in [1.54, 1.807) is 38.1 Å². The minimum atomic E-state index is -1.01. The molecule has 16 nitrogen and oxygen atoms in total. The average molecular weight is 659 g/mol. The molecule has 1 aromatic rings. The number of carbonyl (C=O) groups is 4. The highest BCUT2D eigenvalue weighted by atomic mass is 16.2. The predicted octanol–water partition coefficient (Wildman–Crippen LogP) is -0.196. The molecule has 0 radical (unpaired) electrons. The second-order valence-electron chi connectivity index (χ2n) is 11.7. The fourth-order valence-corrected chi connectivity index (χ4v) is 4.56. The number of nitrogens with two attached hydrogens (primary N) is 3. The van der Waals surface area contributed by atoms with Crippen LogP contribution in [0.5, 0.6) is 0 Å². The number of hydrogen-bond donors (Lipinski definition) is 12. The third kappa shape index (κ3) is 16.8. The summed E-state index contributed by atoms with van der Waals surface area (Å²) in [6.07, 6.45) is 4.10. The SMILES string of the molecule is CCCCCC(=O)N[C@@H](CCCNC(=N)N)C(=O)NC(C(=O)N[C@@H](CCCNC(=N)N)C(=O)NCc1ccc(C(=N)N)cc1)C(C)C. The van der Waals surface area contributed by atoms with E-state index in [0.29, 0.717) is 37.9 Å². The molecule has 0 heterocycles. The van der Waals surface area contributed by atoms with Crippen molar-refractivity contribution < 1.29 is 19.2 Å². The van der Waals surface area contributed by atoms with E-state index in [-0.39, 0.29) is 55.4 Å². The first kappa shape index (κ1) is 40.1. The van der Waals surface area contributed by atoms with E-state index in [1.165, 1.54) is 0 Å². The van der Waals surface area contributed by atoms with Gasteiger partial charge in [0.2, 0.25) is 23.6 Å². The van der Waals surface area contributed by atoms with Crippen LogP contribution in [0.3, 0.4) is 0 Å². The molecular formula is C31H54N12O4.